The maximum absolute atomic E-state index is 13.4. The van der Waals surface area contributed by atoms with Gasteiger partial charge in [0, 0.05) is 18.1 Å². The fourth-order valence-electron chi connectivity index (χ4n) is 1.68. The Morgan fingerprint density at radius 2 is 1.78 bits per heavy atom. The van der Waals surface area contributed by atoms with E-state index >= 15 is 0 Å². The molecule has 2 aromatic carbocycles. The zero-order valence-corrected chi connectivity index (χ0v) is 11.9. The van der Waals surface area contributed by atoms with E-state index in [-0.39, 0.29) is 5.82 Å². The summed E-state index contributed by atoms with van der Waals surface area (Å²) in [6.07, 6.45) is 0. The first kappa shape index (κ1) is 13.4. The average molecular weight is 329 g/mol. The van der Waals surface area contributed by atoms with E-state index in [2.05, 4.69) is 21.2 Å². The van der Waals surface area contributed by atoms with Crippen molar-refractivity contribution >= 4 is 33.2 Å². The quantitative estimate of drug-likeness (QED) is 0.784. The van der Waals surface area contributed by atoms with Crippen molar-refractivity contribution in [1.29, 1.82) is 0 Å². The van der Waals surface area contributed by atoms with Crippen molar-refractivity contribution in [2.75, 3.05) is 5.32 Å². The topological polar surface area (TPSA) is 12.0 Å². The van der Waals surface area contributed by atoms with Crippen molar-refractivity contribution in [2.24, 2.45) is 0 Å². The van der Waals surface area contributed by atoms with Crippen LogP contribution in [0.5, 0.6) is 0 Å². The Balaban J connectivity index is 2.14. The Bertz CT molecular complexity index is 545. The highest BCUT2D eigenvalue weighted by molar-refractivity contribution is 9.10. The first-order valence-corrected chi connectivity index (χ1v) is 6.85. The highest BCUT2D eigenvalue weighted by Crippen LogP contribution is 2.23. The molecule has 1 nitrogen and oxygen atoms in total. The molecule has 0 spiro atoms. The van der Waals surface area contributed by atoms with E-state index in [1.54, 1.807) is 6.07 Å². The van der Waals surface area contributed by atoms with Crippen molar-refractivity contribution in [3.63, 3.8) is 0 Å². The van der Waals surface area contributed by atoms with Crippen LogP contribution in [0.3, 0.4) is 0 Å². The van der Waals surface area contributed by atoms with Crippen LogP contribution < -0.4 is 5.32 Å². The minimum absolute atomic E-state index is 0.250. The number of anilines is 1. The van der Waals surface area contributed by atoms with Crippen LogP contribution in [0.1, 0.15) is 11.1 Å². The summed E-state index contributed by atoms with van der Waals surface area (Å²) in [5, 5.41) is 3.27. The van der Waals surface area contributed by atoms with E-state index in [1.807, 2.05) is 30.3 Å². The smallest absolute Gasteiger partial charge is 0.137 e. The highest BCUT2D eigenvalue weighted by atomic mass is 79.9. The van der Waals surface area contributed by atoms with Crippen LogP contribution in [0.4, 0.5) is 10.1 Å². The minimum Gasteiger partial charge on any atom is -0.381 e. The van der Waals surface area contributed by atoms with E-state index in [0.29, 0.717) is 16.9 Å². The summed E-state index contributed by atoms with van der Waals surface area (Å²) in [6, 6.07) is 12.8. The van der Waals surface area contributed by atoms with Crippen LogP contribution in [0.2, 0.25) is 0 Å². The average Bonchev–Trinajstić information content (AvgIpc) is 2.41. The first-order chi connectivity index (χ1) is 8.72. The number of benzene rings is 2. The van der Waals surface area contributed by atoms with Gasteiger partial charge in [-0.15, -0.1) is 11.6 Å². The lowest BCUT2D eigenvalue weighted by molar-refractivity contribution is 0.618. The Morgan fingerprint density at radius 3 is 2.56 bits per heavy atom. The standard InChI is InChI=1S/C14H12BrClFN/c15-14-11(5-3-6-12(14)17)9-18-13-7-2-1-4-10(13)8-16/h1-7,18H,8-9H2. The summed E-state index contributed by atoms with van der Waals surface area (Å²) in [5.41, 5.74) is 2.88. The SMILES string of the molecule is Fc1cccc(CNc2ccccc2CCl)c1Br. The highest BCUT2D eigenvalue weighted by Gasteiger charge is 2.05. The predicted octanol–water partition coefficient (Wildman–Crippen LogP) is 4.94. The van der Waals surface area contributed by atoms with Gasteiger partial charge in [0.05, 0.1) is 4.47 Å². The second kappa shape index (κ2) is 6.21. The molecule has 0 aliphatic heterocycles. The lowest BCUT2D eigenvalue weighted by Gasteiger charge is -2.11. The molecular formula is C14H12BrClFN. The van der Waals surface area contributed by atoms with Gasteiger partial charge in [0.15, 0.2) is 0 Å². The van der Waals surface area contributed by atoms with Gasteiger partial charge in [-0.25, -0.2) is 4.39 Å². The van der Waals surface area contributed by atoms with Gasteiger partial charge in [-0.2, -0.15) is 0 Å². The molecule has 0 radical (unpaired) electrons. The molecule has 0 bridgehead atoms. The summed E-state index contributed by atoms with van der Waals surface area (Å²) < 4.78 is 13.9. The van der Waals surface area contributed by atoms with Crippen LogP contribution in [0.15, 0.2) is 46.9 Å². The lowest BCUT2D eigenvalue weighted by Crippen LogP contribution is -2.03. The number of para-hydroxylation sites is 1. The summed E-state index contributed by atoms with van der Waals surface area (Å²) >= 11 is 9.11. The van der Waals surface area contributed by atoms with Gasteiger partial charge in [-0.3, -0.25) is 0 Å². The van der Waals surface area contributed by atoms with Crippen LogP contribution >= 0.6 is 27.5 Å². The molecule has 4 heteroatoms. The fourth-order valence-corrected chi connectivity index (χ4v) is 2.32. The number of halogens is 3. The predicted molar refractivity (Wildman–Crippen MR) is 77.4 cm³/mol. The van der Waals surface area contributed by atoms with E-state index in [9.17, 15) is 4.39 Å². The second-order valence-electron chi connectivity index (χ2n) is 3.86. The summed E-state index contributed by atoms with van der Waals surface area (Å²) in [6.45, 7) is 0.548. The van der Waals surface area contributed by atoms with Crippen molar-refractivity contribution in [3.05, 3.63) is 63.9 Å². The van der Waals surface area contributed by atoms with Gasteiger partial charge in [0.25, 0.3) is 0 Å². The number of nitrogens with one attached hydrogen (secondary N) is 1. The monoisotopic (exact) mass is 327 g/mol. The van der Waals surface area contributed by atoms with E-state index in [1.165, 1.54) is 6.07 Å². The van der Waals surface area contributed by atoms with Crippen LogP contribution in [0, 0.1) is 5.82 Å². The van der Waals surface area contributed by atoms with Gasteiger partial charge in [-0.1, -0.05) is 30.3 Å². The molecule has 2 rings (SSSR count). The van der Waals surface area contributed by atoms with Crippen molar-refractivity contribution in [2.45, 2.75) is 12.4 Å². The molecule has 94 valence electrons. The first-order valence-electron chi connectivity index (χ1n) is 5.53. The molecule has 2 aromatic rings. The van der Waals surface area contributed by atoms with Gasteiger partial charge >= 0.3 is 0 Å². The van der Waals surface area contributed by atoms with Crippen LogP contribution in [-0.2, 0) is 12.4 Å². The molecule has 0 atom stereocenters. The van der Waals surface area contributed by atoms with Crippen LogP contribution in [0.25, 0.3) is 0 Å². The number of alkyl halides is 1. The third kappa shape index (κ3) is 3.03. The number of hydrogen-bond acceptors (Lipinski definition) is 1. The third-order valence-corrected chi connectivity index (χ3v) is 3.84. The molecule has 1 N–H and O–H groups in total. The molecule has 0 aliphatic rings. The van der Waals surface area contributed by atoms with Gasteiger partial charge in [0.1, 0.15) is 5.82 Å². The minimum atomic E-state index is -0.250. The van der Waals surface area contributed by atoms with Crippen molar-refractivity contribution in [3.8, 4) is 0 Å². The van der Waals surface area contributed by atoms with E-state index in [4.69, 9.17) is 11.6 Å². The zero-order chi connectivity index (χ0) is 13.0. The molecule has 0 saturated carbocycles. The maximum Gasteiger partial charge on any atom is 0.137 e. The molecule has 0 fully saturated rings. The van der Waals surface area contributed by atoms with Crippen LogP contribution in [-0.4, -0.2) is 0 Å². The Labute approximate surface area is 119 Å². The fraction of sp³-hybridized carbons (Fsp3) is 0.143. The van der Waals surface area contributed by atoms with Gasteiger partial charge in [-0.05, 0) is 39.2 Å². The van der Waals surface area contributed by atoms with Gasteiger partial charge < -0.3 is 5.32 Å². The molecule has 0 aromatic heterocycles. The third-order valence-electron chi connectivity index (χ3n) is 2.66. The molecule has 0 amide bonds. The number of rotatable bonds is 4. The Hall–Kier alpha value is -1.06. The molecule has 0 unspecified atom stereocenters. The molecule has 0 aliphatic carbocycles. The summed E-state index contributed by atoms with van der Waals surface area (Å²) in [5.74, 6) is 0.202. The normalized spacial score (nSPS) is 10.4. The Morgan fingerprint density at radius 1 is 1.06 bits per heavy atom. The molecular weight excluding hydrogens is 317 g/mol. The van der Waals surface area contributed by atoms with Crippen molar-refractivity contribution < 1.29 is 4.39 Å². The maximum atomic E-state index is 13.4. The van der Waals surface area contributed by atoms with E-state index < -0.39 is 0 Å². The van der Waals surface area contributed by atoms with Gasteiger partial charge in [0.2, 0.25) is 0 Å². The Kier molecular flexibility index (Phi) is 4.61. The summed E-state index contributed by atoms with van der Waals surface area (Å²) in [4.78, 5) is 0. The zero-order valence-electron chi connectivity index (χ0n) is 9.59. The molecule has 0 heterocycles. The number of hydrogen-bond donors (Lipinski definition) is 1. The van der Waals surface area contributed by atoms with E-state index in [0.717, 1.165) is 16.8 Å². The van der Waals surface area contributed by atoms with Crippen molar-refractivity contribution in [1.82, 2.24) is 0 Å². The lowest BCUT2D eigenvalue weighted by atomic mass is 10.1. The second-order valence-corrected chi connectivity index (χ2v) is 4.92. The largest absolute Gasteiger partial charge is 0.381 e. The summed E-state index contributed by atoms with van der Waals surface area (Å²) in [7, 11) is 0. The molecule has 18 heavy (non-hydrogen) atoms. The molecule has 0 saturated heterocycles.